The molecule has 0 radical (unpaired) electrons. The van der Waals surface area contributed by atoms with Gasteiger partial charge in [0.15, 0.2) is 5.78 Å². The Labute approximate surface area is 112 Å². The molecule has 1 aromatic heterocycles. The summed E-state index contributed by atoms with van der Waals surface area (Å²) in [4.78, 5) is 12.5. The Morgan fingerprint density at radius 3 is 2.79 bits per heavy atom. The van der Waals surface area contributed by atoms with Gasteiger partial charge < -0.3 is 9.88 Å². The molecule has 3 nitrogen and oxygen atoms in total. The van der Waals surface area contributed by atoms with Crippen LogP contribution in [-0.4, -0.2) is 22.9 Å². The number of hydrogen-bond donors (Lipinski definition) is 1. The minimum atomic E-state index is -0.286. The molecule has 0 amide bonds. The number of fused-ring (bicyclic) bond motifs is 1. The van der Waals surface area contributed by atoms with Crippen LogP contribution in [0, 0.1) is 5.82 Å². The number of carbonyl (C=O) groups is 1. The lowest BCUT2D eigenvalue weighted by molar-refractivity contribution is 0.0943. The van der Waals surface area contributed by atoms with E-state index < -0.39 is 0 Å². The standard InChI is InChI=1S/C15H19FN2O/c1-4-13(17-5-2)15(19)12-9-18(3)14-8-10(16)6-7-11(12)14/h6-9,13,17H,4-5H2,1-3H3. The molecular formula is C15H19FN2O. The van der Waals surface area contributed by atoms with Gasteiger partial charge >= 0.3 is 0 Å². The normalized spacial score (nSPS) is 12.8. The zero-order valence-electron chi connectivity index (χ0n) is 11.5. The molecule has 0 spiro atoms. The Morgan fingerprint density at radius 1 is 1.42 bits per heavy atom. The van der Waals surface area contributed by atoms with Gasteiger partial charge in [-0.25, -0.2) is 4.39 Å². The molecule has 1 N–H and O–H groups in total. The molecule has 102 valence electrons. The summed E-state index contributed by atoms with van der Waals surface area (Å²) in [6.45, 7) is 4.72. The molecule has 0 saturated heterocycles. The highest BCUT2D eigenvalue weighted by Gasteiger charge is 2.21. The summed E-state index contributed by atoms with van der Waals surface area (Å²) in [5.74, 6) is -0.215. The van der Waals surface area contributed by atoms with E-state index in [0.717, 1.165) is 23.9 Å². The summed E-state index contributed by atoms with van der Waals surface area (Å²) in [7, 11) is 1.83. The van der Waals surface area contributed by atoms with Crippen LogP contribution in [0.2, 0.25) is 0 Å². The van der Waals surface area contributed by atoms with Crippen molar-refractivity contribution in [1.82, 2.24) is 9.88 Å². The molecule has 4 heteroatoms. The van der Waals surface area contributed by atoms with Crippen molar-refractivity contribution in [3.63, 3.8) is 0 Å². The Kier molecular flexibility index (Phi) is 4.00. The highest BCUT2D eigenvalue weighted by molar-refractivity contribution is 6.10. The van der Waals surface area contributed by atoms with Crippen LogP contribution >= 0.6 is 0 Å². The maximum Gasteiger partial charge on any atom is 0.181 e. The van der Waals surface area contributed by atoms with Crippen molar-refractivity contribution in [3.8, 4) is 0 Å². The molecule has 1 unspecified atom stereocenters. The predicted molar refractivity (Wildman–Crippen MR) is 75.0 cm³/mol. The third-order valence-electron chi connectivity index (χ3n) is 3.39. The number of halogens is 1. The van der Waals surface area contributed by atoms with E-state index in [1.165, 1.54) is 12.1 Å². The number of ketones is 1. The van der Waals surface area contributed by atoms with Crippen molar-refractivity contribution in [3.05, 3.63) is 35.8 Å². The maximum atomic E-state index is 13.3. The van der Waals surface area contributed by atoms with E-state index in [1.807, 2.05) is 20.9 Å². The second kappa shape index (κ2) is 5.53. The van der Waals surface area contributed by atoms with E-state index in [4.69, 9.17) is 0 Å². The molecule has 0 fully saturated rings. The Hall–Kier alpha value is -1.68. The molecule has 0 saturated carbocycles. The van der Waals surface area contributed by atoms with Gasteiger partial charge in [0.1, 0.15) is 5.82 Å². The summed E-state index contributed by atoms with van der Waals surface area (Å²) < 4.78 is 15.1. The van der Waals surface area contributed by atoms with Crippen molar-refractivity contribution in [2.24, 2.45) is 7.05 Å². The fraction of sp³-hybridized carbons (Fsp3) is 0.400. The van der Waals surface area contributed by atoms with E-state index >= 15 is 0 Å². The first kappa shape index (κ1) is 13.7. The number of Topliss-reactive ketones (excluding diaryl/α,β-unsaturated/α-hetero) is 1. The number of benzene rings is 1. The van der Waals surface area contributed by atoms with E-state index in [9.17, 15) is 9.18 Å². The minimum absolute atomic E-state index is 0.0709. The van der Waals surface area contributed by atoms with Crippen LogP contribution in [-0.2, 0) is 7.05 Å². The molecule has 19 heavy (non-hydrogen) atoms. The number of aryl methyl sites for hydroxylation is 1. The Morgan fingerprint density at radius 2 is 2.16 bits per heavy atom. The van der Waals surface area contributed by atoms with Crippen LogP contribution < -0.4 is 5.32 Å². The van der Waals surface area contributed by atoms with E-state index in [1.54, 1.807) is 16.8 Å². The van der Waals surface area contributed by atoms with Crippen LogP contribution in [0.3, 0.4) is 0 Å². The molecule has 0 aliphatic carbocycles. The zero-order chi connectivity index (χ0) is 14.0. The molecule has 2 rings (SSSR count). The largest absolute Gasteiger partial charge is 0.350 e. The molecule has 1 atom stereocenters. The zero-order valence-corrected chi connectivity index (χ0v) is 11.5. The Bertz CT molecular complexity index is 603. The SMILES string of the molecule is CCNC(CC)C(=O)c1cn(C)c2cc(F)ccc12. The van der Waals surface area contributed by atoms with Crippen LogP contribution in [0.5, 0.6) is 0 Å². The number of rotatable bonds is 5. The predicted octanol–water partition coefficient (Wildman–Crippen LogP) is 2.89. The topological polar surface area (TPSA) is 34.0 Å². The fourth-order valence-electron chi connectivity index (χ4n) is 2.41. The third-order valence-corrected chi connectivity index (χ3v) is 3.39. The number of nitrogens with one attached hydrogen (secondary N) is 1. The smallest absolute Gasteiger partial charge is 0.181 e. The van der Waals surface area contributed by atoms with Gasteiger partial charge in [0.05, 0.1) is 11.6 Å². The van der Waals surface area contributed by atoms with Gasteiger partial charge in [-0.2, -0.15) is 0 Å². The lowest BCUT2D eigenvalue weighted by Gasteiger charge is -2.13. The van der Waals surface area contributed by atoms with Crippen molar-refractivity contribution in [2.75, 3.05) is 6.54 Å². The highest BCUT2D eigenvalue weighted by Crippen LogP contribution is 2.23. The summed E-state index contributed by atoms with van der Waals surface area (Å²) in [6, 6.07) is 4.35. The number of carbonyl (C=O) groups excluding carboxylic acids is 1. The second-order valence-corrected chi connectivity index (χ2v) is 4.70. The van der Waals surface area contributed by atoms with Gasteiger partial charge in [-0.05, 0) is 31.2 Å². The number of aromatic nitrogens is 1. The van der Waals surface area contributed by atoms with Gasteiger partial charge in [-0.3, -0.25) is 4.79 Å². The van der Waals surface area contributed by atoms with Crippen molar-refractivity contribution < 1.29 is 9.18 Å². The summed E-state index contributed by atoms with van der Waals surface area (Å²) in [5, 5.41) is 3.99. The van der Waals surface area contributed by atoms with Gasteiger partial charge in [0.2, 0.25) is 0 Å². The Balaban J connectivity index is 2.48. The van der Waals surface area contributed by atoms with E-state index in [2.05, 4.69) is 5.32 Å². The summed E-state index contributed by atoms with van der Waals surface area (Å²) >= 11 is 0. The van der Waals surface area contributed by atoms with Crippen molar-refractivity contribution in [2.45, 2.75) is 26.3 Å². The monoisotopic (exact) mass is 262 g/mol. The van der Waals surface area contributed by atoms with Crippen LogP contribution in [0.1, 0.15) is 30.6 Å². The minimum Gasteiger partial charge on any atom is -0.350 e. The van der Waals surface area contributed by atoms with E-state index in [0.29, 0.717) is 5.56 Å². The summed E-state index contributed by atoms with van der Waals surface area (Å²) in [5.41, 5.74) is 1.40. The lowest BCUT2D eigenvalue weighted by Crippen LogP contribution is -2.35. The first-order valence-electron chi connectivity index (χ1n) is 6.60. The third kappa shape index (κ3) is 2.54. The molecule has 0 bridgehead atoms. The quantitative estimate of drug-likeness (QED) is 0.841. The average Bonchev–Trinajstić information content (AvgIpc) is 2.72. The lowest BCUT2D eigenvalue weighted by atomic mass is 10.0. The maximum absolute atomic E-state index is 13.3. The second-order valence-electron chi connectivity index (χ2n) is 4.70. The highest BCUT2D eigenvalue weighted by atomic mass is 19.1. The van der Waals surface area contributed by atoms with Crippen LogP contribution in [0.15, 0.2) is 24.4 Å². The van der Waals surface area contributed by atoms with Crippen molar-refractivity contribution >= 4 is 16.7 Å². The number of hydrogen-bond acceptors (Lipinski definition) is 2. The van der Waals surface area contributed by atoms with Gasteiger partial charge in [0, 0.05) is 24.2 Å². The van der Waals surface area contributed by atoms with Crippen LogP contribution in [0.4, 0.5) is 4.39 Å². The van der Waals surface area contributed by atoms with E-state index in [-0.39, 0.29) is 17.6 Å². The molecule has 2 aromatic rings. The number of likely N-dealkylation sites (N-methyl/N-ethyl adjacent to an activating group) is 1. The fourth-order valence-corrected chi connectivity index (χ4v) is 2.41. The summed E-state index contributed by atoms with van der Waals surface area (Å²) in [6.07, 6.45) is 2.52. The molecule has 1 heterocycles. The van der Waals surface area contributed by atoms with Gasteiger partial charge in [0.25, 0.3) is 0 Å². The van der Waals surface area contributed by atoms with Gasteiger partial charge in [-0.1, -0.05) is 13.8 Å². The first-order valence-corrected chi connectivity index (χ1v) is 6.60. The van der Waals surface area contributed by atoms with Gasteiger partial charge in [-0.15, -0.1) is 0 Å². The van der Waals surface area contributed by atoms with Crippen LogP contribution in [0.25, 0.3) is 10.9 Å². The molecular weight excluding hydrogens is 243 g/mol. The first-order chi connectivity index (χ1) is 9.08. The average molecular weight is 262 g/mol. The molecule has 1 aromatic carbocycles. The number of nitrogens with zero attached hydrogens (tertiary/aromatic N) is 1. The molecule has 0 aliphatic rings. The molecule has 0 aliphatic heterocycles. The van der Waals surface area contributed by atoms with Crippen molar-refractivity contribution in [1.29, 1.82) is 0 Å².